The van der Waals surface area contributed by atoms with Crippen LogP contribution in [0.5, 0.6) is 0 Å². The van der Waals surface area contributed by atoms with E-state index in [1.165, 1.54) is 28.4 Å². The van der Waals surface area contributed by atoms with Crippen molar-refractivity contribution in [2.75, 3.05) is 6.54 Å². The maximum Gasteiger partial charge on any atom is 0.351 e. The second-order valence-corrected chi connectivity index (χ2v) is 10.3. The molecule has 0 radical (unpaired) electrons. The van der Waals surface area contributed by atoms with Crippen LogP contribution in [0.1, 0.15) is 35.3 Å². The van der Waals surface area contributed by atoms with Gasteiger partial charge in [0.25, 0.3) is 11.8 Å². The van der Waals surface area contributed by atoms with Crippen molar-refractivity contribution in [3.8, 4) is 0 Å². The molecule has 41 heavy (non-hydrogen) atoms. The van der Waals surface area contributed by atoms with Crippen molar-refractivity contribution < 1.29 is 29.4 Å². The van der Waals surface area contributed by atoms with Crippen LogP contribution >= 0.6 is 0 Å². The van der Waals surface area contributed by atoms with Crippen molar-refractivity contribution in [3.63, 3.8) is 0 Å². The van der Waals surface area contributed by atoms with Gasteiger partial charge >= 0.3 is 5.97 Å². The van der Waals surface area contributed by atoms with Gasteiger partial charge in [-0.15, -0.1) is 0 Å². The summed E-state index contributed by atoms with van der Waals surface area (Å²) in [5, 5.41) is 20.4. The maximum atomic E-state index is 14.1. The van der Waals surface area contributed by atoms with Crippen molar-refractivity contribution >= 4 is 29.3 Å². The number of aliphatic hydroxyl groups is 1. The lowest BCUT2D eigenvalue weighted by Gasteiger charge is -2.41. The number of nitrogens with zero attached hydrogens (tertiary/aromatic N) is 3. The molecule has 3 atom stereocenters. The molecular formula is C31H32N4O6. The Morgan fingerprint density at radius 2 is 1.63 bits per heavy atom. The summed E-state index contributed by atoms with van der Waals surface area (Å²) in [5.74, 6) is -5.38. The molecule has 10 nitrogen and oxygen atoms in total. The summed E-state index contributed by atoms with van der Waals surface area (Å²) >= 11 is 0. The van der Waals surface area contributed by atoms with Crippen molar-refractivity contribution in [1.29, 1.82) is 0 Å². The van der Waals surface area contributed by atoms with E-state index < -0.39 is 47.8 Å². The molecule has 1 aliphatic rings. The van der Waals surface area contributed by atoms with Gasteiger partial charge in [0, 0.05) is 18.6 Å². The van der Waals surface area contributed by atoms with Crippen molar-refractivity contribution in [3.05, 3.63) is 108 Å². The number of rotatable bonds is 10. The van der Waals surface area contributed by atoms with E-state index in [1.54, 1.807) is 86.6 Å². The topological polar surface area (TPSA) is 154 Å². The molecule has 212 valence electrons. The number of carbonyl (C=O) groups is 4. The number of aliphatic carboxylic acids is 1. The van der Waals surface area contributed by atoms with Gasteiger partial charge in [0.05, 0.1) is 23.7 Å². The minimum absolute atomic E-state index is 0.162. The third-order valence-corrected chi connectivity index (χ3v) is 7.07. The number of Topliss-reactive ketones (excluding diaryl/α,β-unsaturated/α-hetero) is 1. The number of nitrogens with two attached hydrogens (primary N) is 1. The first-order valence-electron chi connectivity index (χ1n) is 13.1. The molecule has 0 spiro atoms. The van der Waals surface area contributed by atoms with E-state index in [9.17, 15) is 29.4 Å². The molecular weight excluding hydrogens is 524 g/mol. The zero-order valence-electron chi connectivity index (χ0n) is 22.8. The van der Waals surface area contributed by atoms with Gasteiger partial charge in [-0.2, -0.15) is 0 Å². The number of hydrogen-bond acceptors (Lipinski definition) is 7. The smallest absolute Gasteiger partial charge is 0.351 e. The average Bonchev–Trinajstić information content (AvgIpc) is 2.97. The number of amides is 2. The van der Waals surface area contributed by atoms with Gasteiger partial charge in [-0.1, -0.05) is 74.5 Å². The summed E-state index contributed by atoms with van der Waals surface area (Å²) in [6.45, 7) is 3.01. The van der Waals surface area contributed by atoms with Crippen molar-refractivity contribution in [1.82, 2.24) is 14.8 Å². The highest BCUT2D eigenvalue weighted by Crippen LogP contribution is 2.32. The van der Waals surface area contributed by atoms with E-state index in [0.29, 0.717) is 11.1 Å². The monoisotopic (exact) mass is 556 g/mol. The summed E-state index contributed by atoms with van der Waals surface area (Å²) in [4.78, 5) is 60.0. The number of carboxylic acid groups (broad SMARTS) is 1. The Morgan fingerprint density at radius 1 is 1.00 bits per heavy atom. The zero-order valence-corrected chi connectivity index (χ0v) is 22.8. The number of hydrogen-bond donors (Lipinski definition) is 3. The second-order valence-electron chi connectivity index (χ2n) is 10.3. The standard InChI is InChI=1S/C31H32N4O6/c1-20(2)27-29(38)34(19-26(36)24(31(32,41)30(39)40)16-21-10-5-3-6-11-21)25(22-12-7-4-8-13-22)18-35(27)28(37)23-14-9-15-33-17-23/h3-15,17-18,20,24,27,41H,16,19,32H2,1-2H3,(H,39,40)/t24-,27?,31?/m1/s1. The molecule has 2 amide bonds. The highest BCUT2D eigenvalue weighted by molar-refractivity contribution is 6.04. The normalized spacial score (nSPS) is 17.5. The fourth-order valence-electron chi connectivity index (χ4n) is 4.89. The molecule has 1 aromatic heterocycles. The first kappa shape index (κ1) is 29.3. The third kappa shape index (κ3) is 6.24. The lowest BCUT2D eigenvalue weighted by Crippen LogP contribution is -2.60. The molecule has 2 unspecified atom stereocenters. The average molecular weight is 557 g/mol. The molecule has 3 aromatic rings. The van der Waals surface area contributed by atoms with E-state index in [1.807, 2.05) is 0 Å². The van der Waals surface area contributed by atoms with E-state index in [-0.39, 0.29) is 23.6 Å². The van der Waals surface area contributed by atoms with Crippen LogP contribution in [0.15, 0.2) is 91.4 Å². The minimum Gasteiger partial charge on any atom is -0.478 e. The molecule has 2 aromatic carbocycles. The lowest BCUT2D eigenvalue weighted by molar-refractivity contribution is -0.168. The molecule has 0 bridgehead atoms. The Bertz CT molecular complexity index is 1440. The molecule has 10 heteroatoms. The van der Waals surface area contributed by atoms with Crippen LogP contribution in [0.4, 0.5) is 0 Å². The SMILES string of the molecule is CC(C)C1C(=O)N(CC(=O)[C@@H](Cc2ccccc2)C(N)(O)C(=O)O)C(c2ccccc2)=CN1C(=O)c1cccnc1. The highest BCUT2D eigenvalue weighted by atomic mass is 16.4. The lowest BCUT2D eigenvalue weighted by atomic mass is 9.85. The number of ketones is 1. The fraction of sp³-hybridized carbons (Fsp3) is 0.258. The van der Waals surface area contributed by atoms with Crippen molar-refractivity contribution in [2.45, 2.75) is 32.0 Å². The Kier molecular flexibility index (Phi) is 8.75. The van der Waals surface area contributed by atoms with Gasteiger partial charge in [0.2, 0.25) is 5.72 Å². The van der Waals surface area contributed by atoms with Gasteiger partial charge in [-0.3, -0.25) is 25.1 Å². The van der Waals surface area contributed by atoms with E-state index in [4.69, 9.17) is 5.73 Å². The van der Waals surface area contributed by atoms with Crippen LogP contribution in [0.3, 0.4) is 0 Å². The van der Waals surface area contributed by atoms with E-state index in [0.717, 1.165) is 0 Å². The summed E-state index contributed by atoms with van der Waals surface area (Å²) in [7, 11) is 0. The second kappa shape index (κ2) is 12.2. The van der Waals surface area contributed by atoms with Crippen LogP contribution in [0.25, 0.3) is 5.70 Å². The van der Waals surface area contributed by atoms with E-state index in [2.05, 4.69) is 4.98 Å². The predicted octanol–water partition coefficient (Wildman–Crippen LogP) is 2.55. The maximum absolute atomic E-state index is 14.1. The Balaban J connectivity index is 1.78. The van der Waals surface area contributed by atoms with Crippen LogP contribution in [0, 0.1) is 11.8 Å². The molecule has 2 heterocycles. The molecule has 0 aliphatic carbocycles. The Hall–Kier alpha value is -4.67. The molecule has 0 saturated carbocycles. The zero-order chi connectivity index (χ0) is 29.7. The highest BCUT2D eigenvalue weighted by Gasteiger charge is 2.47. The summed E-state index contributed by atoms with van der Waals surface area (Å²) < 4.78 is 0. The third-order valence-electron chi connectivity index (χ3n) is 7.07. The van der Waals surface area contributed by atoms with Crippen LogP contribution in [-0.4, -0.2) is 66.9 Å². The van der Waals surface area contributed by atoms with Crippen LogP contribution in [-0.2, 0) is 20.8 Å². The summed E-state index contributed by atoms with van der Waals surface area (Å²) in [6, 6.07) is 19.6. The predicted molar refractivity (Wildman–Crippen MR) is 151 cm³/mol. The van der Waals surface area contributed by atoms with Gasteiger partial charge in [0.1, 0.15) is 6.04 Å². The number of benzene rings is 2. The van der Waals surface area contributed by atoms with E-state index >= 15 is 0 Å². The number of carbonyl (C=O) groups excluding carboxylic acids is 3. The first-order valence-corrected chi connectivity index (χ1v) is 13.1. The van der Waals surface area contributed by atoms with Gasteiger partial charge in [0.15, 0.2) is 5.78 Å². The van der Waals surface area contributed by atoms with Gasteiger partial charge in [-0.25, -0.2) is 4.79 Å². The summed E-state index contributed by atoms with van der Waals surface area (Å²) in [6.07, 6.45) is 4.32. The van der Waals surface area contributed by atoms with Crippen LogP contribution in [0.2, 0.25) is 0 Å². The quantitative estimate of drug-likeness (QED) is 0.322. The molecule has 0 saturated heterocycles. The molecule has 4 N–H and O–H groups in total. The molecule has 0 fully saturated rings. The minimum atomic E-state index is -2.89. The fourth-order valence-corrected chi connectivity index (χ4v) is 4.89. The Morgan fingerprint density at radius 3 is 2.20 bits per heavy atom. The summed E-state index contributed by atoms with van der Waals surface area (Å²) in [5.41, 5.74) is 4.62. The number of pyridine rings is 1. The van der Waals surface area contributed by atoms with Gasteiger partial charge in [-0.05, 0) is 35.6 Å². The number of carboxylic acids is 1. The number of aromatic nitrogens is 1. The first-order chi connectivity index (χ1) is 19.5. The molecule has 1 aliphatic heterocycles. The largest absolute Gasteiger partial charge is 0.478 e. The molecule has 4 rings (SSSR count). The van der Waals surface area contributed by atoms with Gasteiger partial charge < -0.3 is 20.0 Å². The van der Waals surface area contributed by atoms with Crippen molar-refractivity contribution in [2.24, 2.45) is 17.6 Å². The van der Waals surface area contributed by atoms with Crippen LogP contribution < -0.4 is 5.73 Å². The Labute approximate surface area is 237 Å².